The average molecular weight is 250 g/mol. The molecule has 0 saturated carbocycles. The highest BCUT2D eigenvalue weighted by atomic mass is 16.5. The molecular formula is C14H10N4O. The minimum absolute atomic E-state index is 0.250. The van der Waals surface area contributed by atoms with Crippen molar-refractivity contribution in [1.82, 2.24) is 4.98 Å². The molecule has 3 rings (SSSR count). The summed E-state index contributed by atoms with van der Waals surface area (Å²) in [5.41, 5.74) is 4.13. The normalized spacial score (nSPS) is 20.5. The van der Waals surface area contributed by atoms with Crippen molar-refractivity contribution < 1.29 is 4.74 Å². The van der Waals surface area contributed by atoms with Crippen molar-refractivity contribution in [3.63, 3.8) is 0 Å². The Morgan fingerprint density at radius 1 is 1.37 bits per heavy atom. The van der Waals surface area contributed by atoms with Crippen LogP contribution in [-0.2, 0) is 4.74 Å². The van der Waals surface area contributed by atoms with Gasteiger partial charge in [-0.2, -0.15) is 4.99 Å². The first-order valence-corrected chi connectivity index (χ1v) is 5.72. The zero-order valence-electron chi connectivity index (χ0n) is 10.1. The molecule has 5 nitrogen and oxygen atoms in total. The van der Waals surface area contributed by atoms with Gasteiger partial charge < -0.3 is 4.74 Å². The van der Waals surface area contributed by atoms with Gasteiger partial charge in [0.15, 0.2) is 11.2 Å². The van der Waals surface area contributed by atoms with E-state index in [2.05, 4.69) is 32.3 Å². The monoisotopic (exact) mass is 250 g/mol. The Balaban J connectivity index is 2.18. The van der Waals surface area contributed by atoms with Gasteiger partial charge >= 0.3 is 0 Å². The number of nitrogens with zero attached hydrogens (tertiary/aromatic N) is 4. The summed E-state index contributed by atoms with van der Waals surface area (Å²) in [7, 11) is 0. The molecule has 1 aromatic rings. The van der Waals surface area contributed by atoms with E-state index in [1.807, 2.05) is 12.1 Å². The van der Waals surface area contributed by atoms with Crippen LogP contribution < -0.4 is 10.8 Å². The van der Waals surface area contributed by atoms with E-state index >= 15 is 0 Å². The summed E-state index contributed by atoms with van der Waals surface area (Å²) in [4.78, 5) is 17.1. The van der Waals surface area contributed by atoms with Gasteiger partial charge in [0.2, 0.25) is 5.88 Å². The van der Waals surface area contributed by atoms with E-state index in [9.17, 15) is 0 Å². The maximum Gasteiger partial charge on any atom is 0.214 e. The van der Waals surface area contributed by atoms with Crippen molar-refractivity contribution in [2.75, 3.05) is 6.54 Å². The maximum atomic E-state index is 5.58. The number of ether oxygens (including phenoxy) is 1. The van der Waals surface area contributed by atoms with Crippen LogP contribution in [0.2, 0.25) is 0 Å². The van der Waals surface area contributed by atoms with Crippen LogP contribution in [0, 0.1) is 0 Å². The topological polar surface area (TPSA) is 59.2 Å². The molecule has 0 saturated heterocycles. The van der Waals surface area contributed by atoms with Crippen molar-refractivity contribution in [2.24, 2.45) is 15.0 Å². The van der Waals surface area contributed by atoms with Crippen LogP contribution in [0.15, 0.2) is 75.1 Å². The summed E-state index contributed by atoms with van der Waals surface area (Å²) >= 11 is 0. The molecule has 1 aromatic heterocycles. The van der Waals surface area contributed by atoms with Crippen LogP contribution in [0.5, 0.6) is 0 Å². The molecule has 0 unspecified atom stereocenters. The molecule has 0 aliphatic carbocycles. The van der Waals surface area contributed by atoms with Crippen LogP contribution in [0.4, 0.5) is 0 Å². The Bertz CT molecular complexity index is 780. The van der Waals surface area contributed by atoms with Crippen LogP contribution in [-0.4, -0.2) is 17.7 Å². The van der Waals surface area contributed by atoms with Gasteiger partial charge in [-0.3, -0.25) is 9.98 Å². The maximum absolute atomic E-state index is 5.58. The molecule has 19 heavy (non-hydrogen) atoms. The van der Waals surface area contributed by atoms with Gasteiger partial charge in [0.1, 0.15) is 11.1 Å². The molecule has 0 N–H and O–H groups in total. The highest BCUT2D eigenvalue weighted by Gasteiger charge is 2.09. The molecule has 0 fully saturated rings. The van der Waals surface area contributed by atoms with Crippen LogP contribution in [0.3, 0.4) is 0 Å². The predicted octanol–water partition coefficient (Wildman–Crippen LogP) is 0.830. The molecule has 0 spiro atoms. The molecule has 0 atom stereocenters. The van der Waals surface area contributed by atoms with Gasteiger partial charge in [-0.15, -0.1) is 5.73 Å². The second kappa shape index (κ2) is 4.84. The highest BCUT2D eigenvalue weighted by Crippen LogP contribution is 2.15. The Kier molecular flexibility index (Phi) is 2.88. The lowest BCUT2D eigenvalue weighted by Gasteiger charge is -2.06. The SMILES string of the molecule is C=C1/N=c2/nccc/c2=N/CC2=C(C=C=CC=N2)O1. The van der Waals surface area contributed by atoms with E-state index < -0.39 is 0 Å². The number of rotatable bonds is 0. The number of allylic oxidation sites excluding steroid dienone is 1. The molecule has 3 heterocycles. The lowest BCUT2D eigenvalue weighted by Crippen LogP contribution is -2.28. The number of pyridine rings is 1. The van der Waals surface area contributed by atoms with Crippen LogP contribution in [0.25, 0.3) is 0 Å². The summed E-state index contributed by atoms with van der Waals surface area (Å²) in [6, 6.07) is 3.66. The molecule has 0 bridgehead atoms. The Morgan fingerprint density at radius 2 is 2.32 bits per heavy atom. The van der Waals surface area contributed by atoms with E-state index in [1.165, 1.54) is 0 Å². The number of hydrogen-bond donors (Lipinski definition) is 0. The summed E-state index contributed by atoms with van der Waals surface area (Å²) in [5, 5.41) is 0.692. The molecule has 2 aliphatic heterocycles. The summed E-state index contributed by atoms with van der Waals surface area (Å²) in [6.07, 6.45) is 6.71. The summed E-state index contributed by atoms with van der Waals surface area (Å²) in [5.74, 6) is 0.801. The molecular weight excluding hydrogens is 240 g/mol. The van der Waals surface area contributed by atoms with E-state index in [0.29, 0.717) is 28.8 Å². The van der Waals surface area contributed by atoms with Crippen molar-refractivity contribution in [1.29, 1.82) is 0 Å². The third kappa shape index (κ3) is 2.41. The van der Waals surface area contributed by atoms with E-state index in [1.54, 1.807) is 24.6 Å². The first-order chi connectivity index (χ1) is 9.33. The number of hydrogen-bond acceptors (Lipinski definition) is 5. The van der Waals surface area contributed by atoms with Crippen LogP contribution in [0.1, 0.15) is 0 Å². The Labute approximate surface area is 109 Å². The van der Waals surface area contributed by atoms with Gasteiger partial charge in [0.05, 0.1) is 6.54 Å². The standard InChI is InChI=1S/C14H10N4O/c1-10-18-14-11(5-4-8-16-14)17-9-12-13(19-10)6-2-3-7-15-12/h3-8H,1,9H2/b17-11-,18-14+. The zero-order chi connectivity index (χ0) is 13.1. The van der Waals surface area contributed by atoms with Crippen molar-refractivity contribution >= 4 is 6.21 Å². The van der Waals surface area contributed by atoms with Crippen molar-refractivity contribution in [2.45, 2.75) is 0 Å². The van der Waals surface area contributed by atoms with Gasteiger partial charge in [-0.05, 0) is 24.8 Å². The smallest absolute Gasteiger partial charge is 0.214 e. The second-order valence-corrected chi connectivity index (χ2v) is 3.84. The molecule has 2 aliphatic rings. The molecule has 0 amide bonds. The van der Waals surface area contributed by atoms with E-state index in [-0.39, 0.29) is 5.88 Å². The fourth-order valence-electron chi connectivity index (χ4n) is 1.67. The largest absolute Gasteiger partial charge is 0.437 e. The van der Waals surface area contributed by atoms with Gasteiger partial charge in [-0.1, -0.05) is 0 Å². The lowest BCUT2D eigenvalue weighted by molar-refractivity contribution is 0.311. The Morgan fingerprint density at radius 3 is 3.26 bits per heavy atom. The predicted molar refractivity (Wildman–Crippen MR) is 69.8 cm³/mol. The van der Waals surface area contributed by atoms with E-state index in [4.69, 9.17) is 4.74 Å². The molecule has 0 radical (unpaired) electrons. The molecule has 0 aromatic carbocycles. The van der Waals surface area contributed by atoms with Crippen molar-refractivity contribution in [3.05, 3.63) is 71.0 Å². The highest BCUT2D eigenvalue weighted by molar-refractivity contribution is 5.72. The fraction of sp³-hybridized carbons (Fsp3) is 0.0714. The second-order valence-electron chi connectivity index (χ2n) is 3.84. The Hall–Kier alpha value is -2.78. The summed E-state index contributed by atoms with van der Waals surface area (Å²) < 4.78 is 5.58. The number of aliphatic imine (C=N–C) groups is 1. The fourth-order valence-corrected chi connectivity index (χ4v) is 1.67. The summed E-state index contributed by atoms with van der Waals surface area (Å²) in [6.45, 7) is 4.15. The quantitative estimate of drug-likeness (QED) is 0.640. The zero-order valence-corrected chi connectivity index (χ0v) is 10.1. The molecule has 92 valence electrons. The first kappa shape index (κ1) is 11.3. The van der Waals surface area contributed by atoms with Gasteiger partial charge in [-0.25, -0.2) is 4.98 Å². The third-order valence-corrected chi connectivity index (χ3v) is 2.52. The first-order valence-electron chi connectivity index (χ1n) is 5.72. The van der Waals surface area contributed by atoms with Crippen LogP contribution >= 0.6 is 0 Å². The van der Waals surface area contributed by atoms with Gasteiger partial charge in [0.25, 0.3) is 0 Å². The van der Waals surface area contributed by atoms with E-state index in [0.717, 1.165) is 0 Å². The molecule has 5 heteroatoms. The number of aromatic nitrogens is 1. The lowest BCUT2D eigenvalue weighted by atomic mass is 10.3. The van der Waals surface area contributed by atoms with Crippen molar-refractivity contribution in [3.8, 4) is 0 Å². The third-order valence-electron chi connectivity index (χ3n) is 2.52. The minimum atomic E-state index is 0.250. The average Bonchev–Trinajstić information content (AvgIpc) is 2.59. The minimum Gasteiger partial charge on any atom is -0.437 e. The number of fused-ring (bicyclic) bond motifs is 1. The van der Waals surface area contributed by atoms with Gasteiger partial charge in [0, 0.05) is 18.5 Å².